The number of nitrogens with one attached hydrogen (secondary N) is 3. The van der Waals surface area contributed by atoms with Crippen molar-refractivity contribution in [3.8, 4) is 5.75 Å². The van der Waals surface area contributed by atoms with Crippen LogP contribution in [0.4, 0.5) is 0 Å². The van der Waals surface area contributed by atoms with Gasteiger partial charge in [0, 0.05) is 80.6 Å². The monoisotopic (exact) mass is 843 g/mol. The first-order chi connectivity index (χ1) is 29.0. The average Bonchev–Trinajstić information content (AvgIpc) is 3.22. The Labute approximate surface area is 355 Å². The molecule has 3 amide bonds. The quantitative estimate of drug-likeness (QED) is 0.0139. The molecule has 0 aliphatic rings. The molecule has 0 aromatic heterocycles. The van der Waals surface area contributed by atoms with Crippen LogP contribution < -0.4 is 20.7 Å². The van der Waals surface area contributed by atoms with Gasteiger partial charge in [-0.15, -0.1) is 0 Å². The van der Waals surface area contributed by atoms with E-state index in [1.54, 1.807) is 18.2 Å². The molecule has 0 saturated carbocycles. The number of hydrogen-bond acceptors (Lipinski definition) is 9. The summed E-state index contributed by atoms with van der Waals surface area (Å²) in [5.41, 5.74) is 9.01. The normalized spacial score (nSPS) is 10.7. The van der Waals surface area contributed by atoms with E-state index in [4.69, 9.17) is 20.5 Å². The second-order valence-corrected chi connectivity index (χ2v) is 15.2. The highest BCUT2D eigenvalue weighted by atomic mass is 16.5. The van der Waals surface area contributed by atoms with E-state index >= 15 is 0 Å². The standard InChI is InChI=1S/C44H70N6O10/c45-50-49-29-19-8-14-24-41(54)47-30-31-60-38-33-35(39(52)22-12-3-1-2-4-13-23-40(53)46-27-17-9-16-26-43(57)58)32-36(34-38)44(59)48-28-18-7-11-21-37(51)20-10-5-6-15-25-42(55)56/h32-34H,1-31H2,(H,46,53)(H,47,54)(H,48,59)(H,55,56)(H,57,58). The van der Waals surface area contributed by atoms with E-state index in [9.17, 15) is 33.6 Å². The Balaban J connectivity index is 2.54. The molecule has 5 N–H and O–H groups in total. The Morgan fingerprint density at radius 2 is 0.967 bits per heavy atom. The van der Waals surface area contributed by atoms with Gasteiger partial charge in [-0.25, -0.2) is 0 Å². The summed E-state index contributed by atoms with van der Waals surface area (Å²) in [6.45, 7) is 1.75. The summed E-state index contributed by atoms with van der Waals surface area (Å²) in [7, 11) is 0. The molecular formula is C44H70N6O10. The van der Waals surface area contributed by atoms with Crippen molar-refractivity contribution in [3.05, 3.63) is 39.8 Å². The smallest absolute Gasteiger partial charge is 0.303 e. The van der Waals surface area contributed by atoms with Crippen LogP contribution in [0.3, 0.4) is 0 Å². The number of hydrogen-bond donors (Lipinski definition) is 5. The van der Waals surface area contributed by atoms with Gasteiger partial charge >= 0.3 is 11.9 Å². The van der Waals surface area contributed by atoms with Gasteiger partial charge in [0.25, 0.3) is 5.91 Å². The molecule has 0 unspecified atom stereocenters. The van der Waals surface area contributed by atoms with E-state index in [2.05, 4.69) is 26.0 Å². The van der Waals surface area contributed by atoms with Crippen molar-refractivity contribution >= 4 is 41.2 Å². The van der Waals surface area contributed by atoms with Crippen LogP contribution in [0.25, 0.3) is 10.4 Å². The van der Waals surface area contributed by atoms with E-state index in [0.29, 0.717) is 101 Å². The zero-order chi connectivity index (χ0) is 44.1. The molecule has 1 aromatic carbocycles. The van der Waals surface area contributed by atoms with Gasteiger partial charge in [0.1, 0.15) is 18.1 Å². The van der Waals surface area contributed by atoms with Crippen molar-refractivity contribution in [1.29, 1.82) is 0 Å². The van der Waals surface area contributed by atoms with Gasteiger partial charge in [-0.1, -0.05) is 62.9 Å². The molecule has 336 valence electrons. The second kappa shape index (κ2) is 35.9. The van der Waals surface area contributed by atoms with E-state index < -0.39 is 11.9 Å². The number of rotatable bonds is 40. The fourth-order valence-electron chi connectivity index (χ4n) is 6.43. The topological polar surface area (TPSA) is 254 Å². The zero-order valence-corrected chi connectivity index (χ0v) is 35.7. The SMILES string of the molecule is [N-]=[N+]=NCCCCCC(=O)NCCOc1cc(C(=O)CCCCCCCCC(=O)NCCCCCC(=O)O)cc(C(=O)NCCCCCC(=O)CCCCCCC(=O)O)c1. The highest BCUT2D eigenvalue weighted by Crippen LogP contribution is 2.21. The molecule has 60 heavy (non-hydrogen) atoms. The fourth-order valence-corrected chi connectivity index (χ4v) is 6.43. The number of nitrogens with zero attached hydrogens (tertiary/aromatic N) is 3. The molecule has 0 aliphatic heterocycles. The summed E-state index contributed by atoms with van der Waals surface area (Å²) >= 11 is 0. The third-order valence-electron chi connectivity index (χ3n) is 9.87. The molecule has 0 heterocycles. The van der Waals surface area contributed by atoms with Crippen molar-refractivity contribution in [1.82, 2.24) is 16.0 Å². The summed E-state index contributed by atoms with van der Waals surface area (Å²) in [4.78, 5) is 86.8. The molecule has 16 nitrogen and oxygen atoms in total. The predicted octanol–water partition coefficient (Wildman–Crippen LogP) is 8.40. The number of Topliss-reactive ketones (excluding diaryl/α,β-unsaturated/α-hetero) is 2. The molecule has 0 saturated heterocycles. The number of unbranched alkanes of at least 4 members (excludes halogenated alkanes) is 14. The van der Waals surface area contributed by atoms with Crippen LogP contribution >= 0.6 is 0 Å². The highest BCUT2D eigenvalue weighted by Gasteiger charge is 2.15. The summed E-state index contributed by atoms with van der Waals surface area (Å²) in [5.74, 6) is -1.61. The van der Waals surface area contributed by atoms with Crippen LogP contribution in [0, 0.1) is 0 Å². The highest BCUT2D eigenvalue weighted by molar-refractivity contribution is 6.01. The number of azide groups is 1. The maximum Gasteiger partial charge on any atom is 0.303 e. The molecule has 0 bridgehead atoms. The summed E-state index contributed by atoms with van der Waals surface area (Å²) < 4.78 is 5.89. The lowest BCUT2D eigenvalue weighted by atomic mass is 10.0. The zero-order valence-electron chi connectivity index (χ0n) is 35.7. The van der Waals surface area contributed by atoms with Gasteiger partial charge < -0.3 is 30.9 Å². The van der Waals surface area contributed by atoms with Crippen LogP contribution in [0.2, 0.25) is 0 Å². The minimum absolute atomic E-state index is 0.00867. The first-order valence-corrected chi connectivity index (χ1v) is 22.1. The van der Waals surface area contributed by atoms with Crippen molar-refractivity contribution in [2.75, 3.05) is 32.8 Å². The van der Waals surface area contributed by atoms with Gasteiger partial charge in [-0.05, 0) is 87.9 Å². The third-order valence-corrected chi connectivity index (χ3v) is 9.87. The van der Waals surface area contributed by atoms with Gasteiger partial charge in [0.2, 0.25) is 11.8 Å². The molecule has 16 heteroatoms. The minimum atomic E-state index is -0.803. The Morgan fingerprint density at radius 3 is 1.53 bits per heavy atom. The summed E-state index contributed by atoms with van der Waals surface area (Å²) in [6.07, 6.45) is 17.1. The molecule has 0 spiro atoms. The Hall–Kier alpha value is -4.98. The molecule has 0 atom stereocenters. The lowest BCUT2D eigenvalue weighted by molar-refractivity contribution is -0.138. The number of carbonyl (C=O) groups excluding carboxylic acids is 5. The largest absolute Gasteiger partial charge is 0.492 e. The van der Waals surface area contributed by atoms with E-state index in [-0.39, 0.29) is 55.3 Å². The van der Waals surface area contributed by atoms with Crippen molar-refractivity contribution in [2.45, 2.75) is 167 Å². The molecule has 1 aromatic rings. The average molecular weight is 843 g/mol. The van der Waals surface area contributed by atoms with Crippen LogP contribution in [-0.4, -0.2) is 84.2 Å². The Kier molecular flexibility index (Phi) is 31.8. The Bertz CT molecular complexity index is 1500. The van der Waals surface area contributed by atoms with Gasteiger partial charge in [0.05, 0.1) is 6.54 Å². The molecule has 0 radical (unpaired) electrons. The van der Waals surface area contributed by atoms with Crippen molar-refractivity contribution in [3.63, 3.8) is 0 Å². The summed E-state index contributed by atoms with van der Waals surface area (Å²) in [5, 5.41) is 29.5. The number of benzene rings is 1. The third kappa shape index (κ3) is 31.0. The number of aliphatic carboxylic acids is 2. The Morgan fingerprint density at radius 1 is 0.517 bits per heavy atom. The molecule has 0 aliphatic carbocycles. The first kappa shape index (κ1) is 53.0. The maximum atomic E-state index is 13.3. The number of carbonyl (C=O) groups is 7. The van der Waals surface area contributed by atoms with Gasteiger partial charge in [-0.3, -0.25) is 33.6 Å². The molecule has 1 rings (SSSR count). The van der Waals surface area contributed by atoms with Crippen LogP contribution in [0.15, 0.2) is 23.3 Å². The van der Waals surface area contributed by atoms with Crippen LogP contribution in [0.1, 0.15) is 188 Å². The maximum absolute atomic E-state index is 13.3. The predicted molar refractivity (Wildman–Crippen MR) is 229 cm³/mol. The first-order valence-electron chi connectivity index (χ1n) is 22.1. The lowest BCUT2D eigenvalue weighted by Gasteiger charge is -2.12. The summed E-state index contributed by atoms with van der Waals surface area (Å²) in [6, 6.07) is 4.79. The second-order valence-electron chi connectivity index (χ2n) is 15.2. The van der Waals surface area contributed by atoms with Gasteiger partial charge in [0.15, 0.2) is 5.78 Å². The number of carboxylic acid groups (broad SMARTS) is 2. The lowest BCUT2D eigenvalue weighted by Crippen LogP contribution is -2.28. The van der Waals surface area contributed by atoms with Crippen LogP contribution in [-0.2, 0) is 24.0 Å². The van der Waals surface area contributed by atoms with Crippen molar-refractivity contribution in [2.24, 2.45) is 5.11 Å². The number of ketones is 2. The van der Waals surface area contributed by atoms with E-state index in [1.165, 1.54) is 0 Å². The minimum Gasteiger partial charge on any atom is -0.492 e. The fraction of sp³-hybridized carbons (Fsp3) is 0.705. The number of amides is 3. The number of carboxylic acids is 2. The molecule has 0 fully saturated rings. The molecular weight excluding hydrogens is 773 g/mol. The van der Waals surface area contributed by atoms with Crippen LogP contribution in [0.5, 0.6) is 5.75 Å². The van der Waals surface area contributed by atoms with E-state index in [0.717, 1.165) is 89.9 Å². The number of ether oxygens (including phenoxy) is 1. The van der Waals surface area contributed by atoms with Gasteiger partial charge in [-0.2, -0.15) is 0 Å². The van der Waals surface area contributed by atoms with Crippen molar-refractivity contribution < 1.29 is 48.5 Å². The van der Waals surface area contributed by atoms with E-state index in [1.807, 2.05) is 0 Å².